The van der Waals surface area contributed by atoms with Crippen molar-refractivity contribution in [1.82, 2.24) is 0 Å². The molecule has 19 heteroatoms. The number of carbonyl (C=O) groups excluding carboxylic acids is 1. The number of rotatable bonds is 9. The van der Waals surface area contributed by atoms with Crippen molar-refractivity contribution in [3.05, 3.63) is 11.6 Å². The number of aliphatic hydroxyl groups is 12. The maximum Gasteiger partial charge on any atom is 0.315 e. The van der Waals surface area contributed by atoms with Crippen LogP contribution >= 0.6 is 0 Å². The van der Waals surface area contributed by atoms with Gasteiger partial charge in [-0.2, -0.15) is 0 Å². The zero-order valence-electron chi connectivity index (χ0n) is 39.8. The van der Waals surface area contributed by atoms with Crippen molar-refractivity contribution in [1.29, 1.82) is 0 Å². The molecular formula is C48H78O19. The molecule has 3 aliphatic heterocycles. The van der Waals surface area contributed by atoms with Crippen molar-refractivity contribution in [2.75, 3.05) is 19.8 Å². The molecule has 0 bridgehead atoms. The maximum atomic E-state index is 15.0. The zero-order chi connectivity index (χ0) is 49.1. The average Bonchev–Trinajstić information content (AvgIpc) is 3.28. The summed E-state index contributed by atoms with van der Waals surface area (Å²) >= 11 is 0. The van der Waals surface area contributed by atoms with Crippen molar-refractivity contribution in [2.45, 2.75) is 211 Å². The fourth-order valence-corrected chi connectivity index (χ4v) is 15.0. The highest BCUT2D eigenvalue weighted by molar-refractivity contribution is 5.79. The van der Waals surface area contributed by atoms with Gasteiger partial charge in [-0.05, 0) is 104 Å². The number of esters is 1. The molecule has 3 unspecified atom stereocenters. The van der Waals surface area contributed by atoms with Gasteiger partial charge in [0.15, 0.2) is 12.6 Å². The van der Waals surface area contributed by atoms with Crippen LogP contribution in [0.25, 0.3) is 0 Å². The molecule has 7 fully saturated rings. The van der Waals surface area contributed by atoms with Crippen LogP contribution in [-0.4, -0.2) is 191 Å². The fraction of sp³-hybridized carbons (Fsp3) is 0.938. The molecule has 12 N–H and O–H groups in total. The molecule has 25 atom stereocenters. The van der Waals surface area contributed by atoms with Gasteiger partial charge in [0.2, 0.25) is 6.29 Å². The van der Waals surface area contributed by atoms with Crippen LogP contribution in [0.4, 0.5) is 0 Å². The molecule has 0 aromatic rings. The van der Waals surface area contributed by atoms with Crippen LogP contribution in [0.3, 0.4) is 0 Å². The van der Waals surface area contributed by atoms with Gasteiger partial charge in [-0.15, -0.1) is 0 Å². The minimum Gasteiger partial charge on any atom is -0.432 e. The first-order valence-corrected chi connectivity index (χ1v) is 24.4. The number of carbonyl (C=O) groups is 1. The summed E-state index contributed by atoms with van der Waals surface area (Å²) in [5.41, 5.74) is -1.76. The Morgan fingerprint density at radius 3 is 1.99 bits per heavy atom. The number of fused-ring (bicyclic) bond motifs is 7. The lowest BCUT2D eigenvalue weighted by molar-refractivity contribution is -0.361. The molecule has 4 saturated carbocycles. The lowest BCUT2D eigenvalue weighted by Crippen LogP contribution is -2.68. The summed E-state index contributed by atoms with van der Waals surface area (Å²) in [6, 6.07) is 0. The van der Waals surface area contributed by atoms with Crippen molar-refractivity contribution < 1.29 is 94.5 Å². The number of hydrogen-bond donors (Lipinski definition) is 12. The summed E-state index contributed by atoms with van der Waals surface area (Å²) in [5, 5.41) is 130. The number of ether oxygens (including phenoxy) is 6. The van der Waals surface area contributed by atoms with Crippen LogP contribution in [0.5, 0.6) is 0 Å². The van der Waals surface area contributed by atoms with Crippen molar-refractivity contribution in [3.8, 4) is 0 Å². The smallest absolute Gasteiger partial charge is 0.315 e. The Bertz CT molecular complexity index is 1830. The van der Waals surface area contributed by atoms with Crippen LogP contribution in [0.1, 0.15) is 106 Å². The molecule has 0 aromatic carbocycles. The Balaban J connectivity index is 0.982. The largest absolute Gasteiger partial charge is 0.432 e. The normalized spacial score (nSPS) is 55.2. The minimum absolute atomic E-state index is 0.0113. The molecule has 3 heterocycles. The first-order valence-electron chi connectivity index (χ1n) is 24.4. The molecule has 67 heavy (non-hydrogen) atoms. The molecule has 5 aliphatic carbocycles. The first kappa shape index (κ1) is 51.9. The first-order chi connectivity index (χ1) is 31.2. The van der Waals surface area contributed by atoms with E-state index < -0.39 is 134 Å². The third-order valence-corrected chi connectivity index (χ3v) is 19.4. The van der Waals surface area contributed by atoms with E-state index in [4.69, 9.17) is 28.4 Å². The van der Waals surface area contributed by atoms with E-state index in [0.29, 0.717) is 38.5 Å². The second-order valence-corrected chi connectivity index (χ2v) is 23.5. The van der Waals surface area contributed by atoms with Crippen LogP contribution in [0.2, 0.25) is 0 Å². The van der Waals surface area contributed by atoms with Crippen molar-refractivity contribution in [2.24, 2.45) is 50.2 Å². The van der Waals surface area contributed by atoms with E-state index in [2.05, 4.69) is 40.7 Å². The second-order valence-electron chi connectivity index (χ2n) is 23.5. The number of allylic oxidation sites excluding steroid dienone is 2. The van der Waals surface area contributed by atoms with Crippen LogP contribution in [0, 0.1) is 50.2 Å². The topological polar surface area (TPSA) is 315 Å². The van der Waals surface area contributed by atoms with Gasteiger partial charge in [0.1, 0.15) is 67.1 Å². The summed E-state index contributed by atoms with van der Waals surface area (Å²) in [6.07, 6.45) is -18.3. The Hall–Kier alpha value is -1.47. The van der Waals surface area contributed by atoms with Crippen LogP contribution in [-0.2, 0) is 33.2 Å². The van der Waals surface area contributed by atoms with E-state index in [1.807, 2.05) is 6.92 Å². The van der Waals surface area contributed by atoms with Gasteiger partial charge in [-0.25, -0.2) is 0 Å². The molecule has 0 amide bonds. The Labute approximate surface area is 392 Å². The fourth-order valence-electron chi connectivity index (χ4n) is 15.0. The van der Waals surface area contributed by atoms with Crippen molar-refractivity contribution >= 4 is 5.97 Å². The van der Waals surface area contributed by atoms with E-state index in [9.17, 15) is 66.1 Å². The molecule has 0 aromatic heterocycles. The molecule has 0 spiro atoms. The summed E-state index contributed by atoms with van der Waals surface area (Å²) < 4.78 is 34.7. The second kappa shape index (κ2) is 18.2. The third kappa shape index (κ3) is 8.10. The molecule has 8 rings (SSSR count). The molecule has 19 nitrogen and oxygen atoms in total. The Kier molecular flexibility index (Phi) is 14.1. The standard InChI is InChI=1S/C48H78O19/c1-21-29(52)31(54)34(57)40(63-21)66-37-25(18-49)64-39(36(59)33(37)56)62-19-26-30(53)32(55)35(58)41(65-26)67-42(61)48-14-12-43(2,3)16-23(48)22-8-9-28-44(4)17-24(51)38(60)45(5,20-50)27(44)10-11-47(28,7)46(22,6)13-15-48/h8,21,23-41,49-60H,9-20H2,1-7H3/t21-,23?,24+,25+,26+,27?,28?,29-,30+,31+,32-,33+,34+,35+,36+,37+,38-,39+,40-,41-,44-,45-,46+,47+,48-/m1/s1. The third-order valence-electron chi connectivity index (χ3n) is 19.4. The Morgan fingerprint density at radius 2 is 1.31 bits per heavy atom. The maximum absolute atomic E-state index is 15.0. The van der Waals surface area contributed by atoms with Gasteiger partial charge in [0, 0.05) is 5.41 Å². The van der Waals surface area contributed by atoms with E-state index in [-0.39, 0.29) is 46.0 Å². The van der Waals surface area contributed by atoms with Gasteiger partial charge >= 0.3 is 5.97 Å². The molecule has 3 saturated heterocycles. The highest BCUT2D eigenvalue weighted by Gasteiger charge is 2.71. The molecule has 0 radical (unpaired) electrons. The SMILES string of the molecule is C[C@H]1O[C@H](O[C@@H]2[C@@H](O)[C@H](O)[C@@H](OC[C@@H]3O[C@H](OC(=O)[C@@]45CCC(C)(C)CC4C4=CCC6[C@]7(C)C[C@H](O)[C@@H](O)[C@](C)(CO)C7CC[C@]6(C)[C@@]4(C)CC5)[C@@H](O)[C@H](O)[C@H]3O)O[C@H]2CO)[C@@H](O)[C@@H](O)[C@@H]1O. The van der Waals surface area contributed by atoms with E-state index in [1.165, 1.54) is 12.5 Å². The molecular weight excluding hydrogens is 881 g/mol. The predicted octanol–water partition coefficient (Wildman–Crippen LogP) is -0.889. The highest BCUT2D eigenvalue weighted by Crippen LogP contribution is 2.76. The minimum atomic E-state index is -1.86. The van der Waals surface area contributed by atoms with Crippen LogP contribution < -0.4 is 0 Å². The lowest BCUT2D eigenvalue weighted by atomic mass is 9.33. The zero-order valence-corrected chi connectivity index (χ0v) is 39.8. The number of hydrogen-bond acceptors (Lipinski definition) is 19. The Morgan fingerprint density at radius 1 is 0.687 bits per heavy atom. The number of aliphatic hydroxyl groups excluding tert-OH is 12. The summed E-state index contributed by atoms with van der Waals surface area (Å²) in [4.78, 5) is 15.0. The average molecular weight is 959 g/mol. The summed E-state index contributed by atoms with van der Waals surface area (Å²) in [5.74, 6) is -0.715. The quantitative estimate of drug-likeness (QED) is 0.0986. The van der Waals surface area contributed by atoms with Crippen molar-refractivity contribution in [3.63, 3.8) is 0 Å². The van der Waals surface area contributed by atoms with Crippen LogP contribution in [0.15, 0.2) is 11.6 Å². The molecule has 384 valence electrons. The van der Waals surface area contributed by atoms with Gasteiger partial charge in [0.25, 0.3) is 0 Å². The van der Waals surface area contributed by atoms with Gasteiger partial charge in [0.05, 0.1) is 43.5 Å². The predicted molar refractivity (Wildman–Crippen MR) is 232 cm³/mol. The van der Waals surface area contributed by atoms with E-state index in [1.54, 1.807) is 0 Å². The van der Waals surface area contributed by atoms with Gasteiger partial charge < -0.3 is 89.7 Å². The highest BCUT2D eigenvalue weighted by atomic mass is 16.8. The summed E-state index contributed by atoms with van der Waals surface area (Å²) in [7, 11) is 0. The lowest BCUT2D eigenvalue weighted by Gasteiger charge is -2.71. The molecule has 8 aliphatic rings. The van der Waals surface area contributed by atoms with E-state index in [0.717, 1.165) is 19.3 Å². The van der Waals surface area contributed by atoms with Gasteiger partial charge in [-0.1, -0.05) is 53.2 Å². The van der Waals surface area contributed by atoms with E-state index >= 15 is 0 Å². The monoisotopic (exact) mass is 959 g/mol. The van der Waals surface area contributed by atoms with Gasteiger partial charge in [-0.3, -0.25) is 4.79 Å². The summed E-state index contributed by atoms with van der Waals surface area (Å²) in [6.45, 7) is 13.0.